The van der Waals surface area contributed by atoms with E-state index in [2.05, 4.69) is 49.5 Å². The third kappa shape index (κ3) is 2.99. The van der Waals surface area contributed by atoms with E-state index in [-0.39, 0.29) is 17.6 Å². The van der Waals surface area contributed by atoms with E-state index in [9.17, 15) is 0 Å². The molecule has 2 heterocycles. The number of ether oxygens (including phenoxy) is 1. The summed E-state index contributed by atoms with van der Waals surface area (Å²) in [5.74, 6) is 0.949. The number of morpholine rings is 1. The van der Waals surface area contributed by atoms with Gasteiger partial charge in [-0.3, -0.25) is 4.98 Å². The Labute approximate surface area is 109 Å². The molecule has 2 rings (SSSR count). The Bertz CT molecular complexity index is 386. The summed E-state index contributed by atoms with van der Waals surface area (Å²) in [5, 5.41) is 0. The highest BCUT2D eigenvalue weighted by Gasteiger charge is 2.24. The van der Waals surface area contributed by atoms with Crippen molar-refractivity contribution >= 4 is 5.82 Å². The average Bonchev–Trinajstić information content (AvgIpc) is 2.27. The van der Waals surface area contributed by atoms with E-state index in [1.807, 2.05) is 12.4 Å². The molecule has 0 bridgehead atoms. The minimum atomic E-state index is 0.0527. The Kier molecular flexibility index (Phi) is 3.57. The fraction of sp³-hybridized carbons (Fsp3) is 0.714. The molecule has 2 unspecified atom stereocenters. The number of anilines is 1. The maximum atomic E-state index is 5.73. The summed E-state index contributed by atoms with van der Waals surface area (Å²) in [5.41, 5.74) is 1.08. The molecule has 1 aromatic heterocycles. The van der Waals surface area contributed by atoms with Crippen molar-refractivity contribution in [3.63, 3.8) is 0 Å². The highest BCUT2D eigenvalue weighted by atomic mass is 16.5. The molecule has 100 valence electrons. The van der Waals surface area contributed by atoms with E-state index in [4.69, 9.17) is 4.74 Å². The molecule has 0 aromatic carbocycles. The molecule has 0 aliphatic carbocycles. The third-order valence-corrected chi connectivity index (χ3v) is 3.15. The molecule has 2 atom stereocenters. The number of hydrogen-bond donors (Lipinski definition) is 0. The van der Waals surface area contributed by atoms with Gasteiger partial charge in [-0.2, -0.15) is 0 Å². The molecule has 0 spiro atoms. The molecule has 1 aliphatic heterocycles. The van der Waals surface area contributed by atoms with Gasteiger partial charge in [0, 0.05) is 18.5 Å². The van der Waals surface area contributed by atoms with Crippen molar-refractivity contribution in [1.29, 1.82) is 0 Å². The van der Waals surface area contributed by atoms with E-state index in [0.717, 1.165) is 24.6 Å². The molecule has 1 aliphatic rings. The summed E-state index contributed by atoms with van der Waals surface area (Å²) in [7, 11) is 0. The van der Waals surface area contributed by atoms with Crippen LogP contribution in [0.5, 0.6) is 0 Å². The maximum absolute atomic E-state index is 5.73. The van der Waals surface area contributed by atoms with Crippen LogP contribution in [0, 0.1) is 0 Å². The lowest BCUT2D eigenvalue weighted by atomic mass is 9.93. The number of rotatable bonds is 1. The molecule has 18 heavy (non-hydrogen) atoms. The minimum absolute atomic E-state index is 0.0527. The molecule has 0 amide bonds. The molecule has 1 fully saturated rings. The molecule has 1 aromatic rings. The highest BCUT2D eigenvalue weighted by molar-refractivity contribution is 5.37. The van der Waals surface area contributed by atoms with Crippen molar-refractivity contribution in [2.24, 2.45) is 0 Å². The van der Waals surface area contributed by atoms with Gasteiger partial charge in [0.2, 0.25) is 0 Å². The Morgan fingerprint density at radius 3 is 2.17 bits per heavy atom. The Hall–Kier alpha value is -1.16. The van der Waals surface area contributed by atoms with Crippen molar-refractivity contribution in [2.75, 3.05) is 18.0 Å². The van der Waals surface area contributed by atoms with E-state index >= 15 is 0 Å². The summed E-state index contributed by atoms with van der Waals surface area (Å²) in [6, 6.07) is 0. The van der Waals surface area contributed by atoms with Gasteiger partial charge in [-0.1, -0.05) is 20.8 Å². The van der Waals surface area contributed by atoms with Crippen LogP contribution in [0.1, 0.15) is 40.3 Å². The van der Waals surface area contributed by atoms with Crippen LogP contribution in [0.25, 0.3) is 0 Å². The first kappa shape index (κ1) is 13.3. The first-order chi connectivity index (χ1) is 8.36. The monoisotopic (exact) mass is 249 g/mol. The second-order valence-electron chi connectivity index (χ2n) is 6.17. The minimum Gasteiger partial charge on any atom is -0.372 e. The number of aromatic nitrogens is 2. The van der Waals surface area contributed by atoms with Crippen LogP contribution in [-0.4, -0.2) is 35.3 Å². The van der Waals surface area contributed by atoms with Gasteiger partial charge < -0.3 is 9.64 Å². The summed E-state index contributed by atoms with van der Waals surface area (Å²) >= 11 is 0. The van der Waals surface area contributed by atoms with E-state index < -0.39 is 0 Å². The number of nitrogens with zero attached hydrogens (tertiary/aromatic N) is 3. The van der Waals surface area contributed by atoms with Gasteiger partial charge in [0.1, 0.15) is 5.82 Å². The first-order valence-electron chi connectivity index (χ1n) is 6.59. The van der Waals surface area contributed by atoms with Crippen LogP contribution in [0.15, 0.2) is 12.4 Å². The fourth-order valence-electron chi connectivity index (χ4n) is 2.24. The molecular formula is C14H23N3O. The van der Waals surface area contributed by atoms with Crippen LogP contribution in [0.3, 0.4) is 0 Å². The summed E-state index contributed by atoms with van der Waals surface area (Å²) in [4.78, 5) is 11.3. The van der Waals surface area contributed by atoms with Gasteiger partial charge in [0.05, 0.1) is 30.3 Å². The van der Waals surface area contributed by atoms with Gasteiger partial charge in [-0.25, -0.2) is 4.98 Å². The maximum Gasteiger partial charge on any atom is 0.147 e. The van der Waals surface area contributed by atoms with Crippen LogP contribution >= 0.6 is 0 Å². The molecule has 0 saturated carbocycles. The largest absolute Gasteiger partial charge is 0.372 e. The second-order valence-corrected chi connectivity index (χ2v) is 6.17. The smallest absolute Gasteiger partial charge is 0.147 e. The van der Waals surface area contributed by atoms with Crippen LogP contribution in [0.2, 0.25) is 0 Å². The zero-order chi connectivity index (χ0) is 13.3. The van der Waals surface area contributed by atoms with Crippen LogP contribution < -0.4 is 4.90 Å². The Morgan fingerprint density at radius 2 is 1.72 bits per heavy atom. The van der Waals surface area contributed by atoms with Crippen LogP contribution in [-0.2, 0) is 10.2 Å². The Morgan fingerprint density at radius 1 is 1.11 bits per heavy atom. The standard InChI is InChI=1S/C14H23N3O/c1-10-8-17(9-11(2)18-10)13-7-15-12(6-16-13)14(3,4)5/h6-7,10-11H,8-9H2,1-5H3. The zero-order valence-corrected chi connectivity index (χ0v) is 12.0. The molecule has 0 radical (unpaired) electrons. The molecular weight excluding hydrogens is 226 g/mol. The summed E-state index contributed by atoms with van der Waals surface area (Å²) in [6.45, 7) is 12.4. The van der Waals surface area contributed by atoms with Gasteiger partial charge in [0.15, 0.2) is 0 Å². The predicted molar refractivity (Wildman–Crippen MR) is 73.0 cm³/mol. The molecule has 4 heteroatoms. The first-order valence-corrected chi connectivity index (χ1v) is 6.59. The topological polar surface area (TPSA) is 38.2 Å². The lowest BCUT2D eigenvalue weighted by Crippen LogP contribution is -2.45. The highest BCUT2D eigenvalue weighted by Crippen LogP contribution is 2.22. The normalized spacial score (nSPS) is 25.3. The summed E-state index contributed by atoms with van der Waals surface area (Å²) < 4.78 is 5.73. The molecule has 0 N–H and O–H groups in total. The fourth-order valence-corrected chi connectivity index (χ4v) is 2.24. The summed E-state index contributed by atoms with van der Waals surface area (Å²) in [6.07, 6.45) is 4.27. The predicted octanol–water partition coefficient (Wildman–Crippen LogP) is 2.39. The zero-order valence-electron chi connectivity index (χ0n) is 12.0. The molecule has 1 saturated heterocycles. The van der Waals surface area contributed by atoms with Crippen molar-refractivity contribution in [3.05, 3.63) is 18.1 Å². The van der Waals surface area contributed by atoms with Crippen molar-refractivity contribution < 1.29 is 4.74 Å². The van der Waals surface area contributed by atoms with Crippen molar-refractivity contribution in [1.82, 2.24) is 9.97 Å². The van der Waals surface area contributed by atoms with E-state index in [0.29, 0.717) is 0 Å². The lowest BCUT2D eigenvalue weighted by molar-refractivity contribution is -0.00548. The Balaban J connectivity index is 2.14. The molecule has 4 nitrogen and oxygen atoms in total. The van der Waals surface area contributed by atoms with Crippen LogP contribution in [0.4, 0.5) is 5.82 Å². The SMILES string of the molecule is CC1CN(c2cnc(C(C)(C)C)cn2)CC(C)O1. The lowest BCUT2D eigenvalue weighted by Gasteiger charge is -2.36. The van der Waals surface area contributed by atoms with Crippen molar-refractivity contribution in [2.45, 2.75) is 52.2 Å². The van der Waals surface area contributed by atoms with Gasteiger partial charge in [0.25, 0.3) is 0 Å². The van der Waals surface area contributed by atoms with Gasteiger partial charge in [-0.05, 0) is 13.8 Å². The van der Waals surface area contributed by atoms with Gasteiger partial charge >= 0.3 is 0 Å². The van der Waals surface area contributed by atoms with E-state index in [1.54, 1.807) is 0 Å². The quantitative estimate of drug-likeness (QED) is 0.766. The number of hydrogen-bond acceptors (Lipinski definition) is 4. The third-order valence-electron chi connectivity index (χ3n) is 3.15. The average molecular weight is 249 g/mol. The van der Waals surface area contributed by atoms with Crippen molar-refractivity contribution in [3.8, 4) is 0 Å². The van der Waals surface area contributed by atoms with Gasteiger partial charge in [-0.15, -0.1) is 0 Å². The van der Waals surface area contributed by atoms with E-state index in [1.165, 1.54) is 0 Å². The second kappa shape index (κ2) is 4.84.